The van der Waals surface area contributed by atoms with E-state index in [-0.39, 0.29) is 16.5 Å². The van der Waals surface area contributed by atoms with Crippen LogP contribution >= 0.6 is 0 Å². The van der Waals surface area contributed by atoms with E-state index >= 15 is 0 Å². The first-order chi connectivity index (χ1) is 12.7. The number of para-hydroxylation sites is 2. The second-order valence-electron chi connectivity index (χ2n) is 6.39. The summed E-state index contributed by atoms with van der Waals surface area (Å²) < 4.78 is 11.1. The lowest BCUT2D eigenvalue weighted by Crippen LogP contribution is -2.33. The zero-order valence-corrected chi connectivity index (χ0v) is 14.4. The number of oxazole rings is 1. The maximum Gasteiger partial charge on any atom is 0.292 e. The lowest BCUT2D eigenvalue weighted by molar-refractivity contribution is -0.384. The fraction of sp³-hybridized carbons (Fsp3) is 0.316. The highest BCUT2D eigenvalue weighted by Crippen LogP contribution is 2.37. The van der Waals surface area contributed by atoms with E-state index < -0.39 is 0 Å². The van der Waals surface area contributed by atoms with Crippen molar-refractivity contribution in [1.82, 2.24) is 4.98 Å². The molecule has 2 aromatic carbocycles. The molecule has 1 aromatic heterocycles. The molecule has 0 N–H and O–H groups in total. The Labute approximate surface area is 150 Å². The van der Waals surface area contributed by atoms with E-state index in [0.29, 0.717) is 24.5 Å². The van der Waals surface area contributed by atoms with Gasteiger partial charge in [0.15, 0.2) is 11.5 Å². The number of hydrogen-bond donors (Lipinski definition) is 0. The normalized spacial score (nSPS) is 15.3. The number of ether oxygens (including phenoxy) is 1. The number of nitrogens with zero attached hydrogens (tertiary/aromatic N) is 3. The van der Waals surface area contributed by atoms with E-state index in [1.54, 1.807) is 19.2 Å². The van der Waals surface area contributed by atoms with Gasteiger partial charge in [0, 0.05) is 31.1 Å². The summed E-state index contributed by atoms with van der Waals surface area (Å²) in [5.74, 6) is 1.60. The second-order valence-corrected chi connectivity index (χ2v) is 6.39. The molecule has 2 heterocycles. The van der Waals surface area contributed by atoms with Crippen molar-refractivity contribution in [1.29, 1.82) is 0 Å². The van der Waals surface area contributed by atoms with Gasteiger partial charge < -0.3 is 14.1 Å². The molecule has 0 amide bonds. The topological polar surface area (TPSA) is 81.6 Å². The van der Waals surface area contributed by atoms with Crippen LogP contribution in [0.1, 0.15) is 24.7 Å². The molecule has 7 heteroatoms. The van der Waals surface area contributed by atoms with Gasteiger partial charge in [-0.25, -0.2) is 4.98 Å². The minimum atomic E-state index is -0.346. The Hall–Kier alpha value is -3.09. The minimum absolute atomic E-state index is 0.103. The number of piperidine rings is 1. The zero-order chi connectivity index (χ0) is 18.1. The maximum atomic E-state index is 11.4. The molecule has 0 saturated carbocycles. The van der Waals surface area contributed by atoms with Gasteiger partial charge in [-0.05, 0) is 31.0 Å². The van der Waals surface area contributed by atoms with Crippen molar-refractivity contribution in [2.75, 3.05) is 25.1 Å². The molecule has 0 radical (unpaired) electrons. The summed E-state index contributed by atoms with van der Waals surface area (Å²) in [4.78, 5) is 17.7. The van der Waals surface area contributed by atoms with Crippen molar-refractivity contribution in [3.05, 3.63) is 58.5 Å². The van der Waals surface area contributed by atoms with E-state index in [4.69, 9.17) is 9.15 Å². The molecule has 1 aliphatic heterocycles. The quantitative estimate of drug-likeness (QED) is 0.518. The summed E-state index contributed by atoms with van der Waals surface area (Å²) in [6.07, 6.45) is 1.67. The number of methoxy groups -OCH3 is 1. The van der Waals surface area contributed by atoms with Gasteiger partial charge in [-0.3, -0.25) is 10.1 Å². The molecular formula is C19H19N3O4. The van der Waals surface area contributed by atoms with E-state index in [9.17, 15) is 10.1 Å². The Morgan fingerprint density at radius 3 is 2.69 bits per heavy atom. The van der Waals surface area contributed by atoms with Gasteiger partial charge in [0.1, 0.15) is 17.0 Å². The van der Waals surface area contributed by atoms with Crippen LogP contribution in [-0.2, 0) is 0 Å². The molecule has 1 aliphatic rings. The zero-order valence-electron chi connectivity index (χ0n) is 14.4. The van der Waals surface area contributed by atoms with Crippen molar-refractivity contribution < 1.29 is 14.1 Å². The van der Waals surface area contributed by atoms with Crippen LogP contribution in [0.5, 0.6) is 5.75 Å². The number of fused-ring (bicyclic) bond motifs is 1. The SMILES string of the molecule is COc1ccc([N+](=O)[O-])c(N2CCC(c3nc4ccccc4o3)CC2)c1. The first-order valence-electron chi connectivity index (χ1n) is 8.58. The monoisotopic (exact) mass is 353 g/mol. The molecule has 0 bridgehead atoms. The summed E-state index contributed by atoms with van der Waals surface area (Å²) in [6.45, 7) is 1.41. The van der Waals surface area contributed by atoms with E-state index in [2.05, 4.69) is 4.98 Å². The largest absolute Gasteiger partial charge is 0.497 e. The summed E-state index contributed by atoms with van der Waals surface area (Å²) in [5, 5.41) is 11.4. The van der Waals surface area contributed by atoms with Crippen molar-refractivity contribution in [2.45, 2.75) is 18.8 Å². The van der Waals surface area contributed by atoms with Gasteiger partial charge in [-0.2, -0.15) is 0 Å². The third-order valence-electron chi connectivity index (χ3n) is 4.87. The van der Waals surface area contributed by atoms with Gasteiger partial charge in [-0.15, -0.1) is 0 Å². The number of rotatable bonds is 4. The minimum Gasteiger partial charge on any atom is -0.497 e. The number of nitro benzene ring substituents is 1. The highest BCUT2D eigenvalue weighted by atomic mass is 16.6. The van der Waals surface area contributed by atoms with Gasteiger partial charge in [0.05, 0.1) is 12.0 Å². The van der Waals surface area contributed by atoms with Crippen molar-refractivity contribution in [2.24, 2.45) is 0 Å². The van der Waals surface area contributed by atoms with E-state index in [1.165, 1.54) is 6.07 Å². The predicted molar refractivity (Wildman–Crippen MR) is 97.8 cm³/mol. The highest BCUT2D eigenvalue weighted by molar-refractivity contribution is 5.72. The summed E-state index contributed by atoms with van der Waals surface area (Å²) in [6, 6.07) is 12.6. The number of benzene rings is 2. The first kappa shape index (κ1) is 16.4. The average molecular weight is 353 g/mol. The Balaban J connectivity index is 1.54. The smallest absolute Gasteiger partial charge is 0.292 e. The molecule has 1 saturated heterocycles. The van der Waals surface area contributed by atoms with Crippen LogP contribution in [0.2, 0.25) is 0 Å². The van der Waals surface area contributed by atoms with Crippen LogP contribution in [0.3, 0.4) is 0 Å². The average Bonchev–Trinajstić information content (AvgIpc) is 3.11. The number of anilines is 1. The van der Waals surface area contributed by atoms with E-state index in [1.807, 2.05) is 29.2 Å². The van der Waals surface area contributed by atoms with Crippen LogP contribution in [0.25, 0.3) is 11.1 Å². The van der Waals surface area contributed by atoms with E-state index in [0.717, 1.165) is 29.8 Å². The van der Waals surface area contributed by atoms with Crippen molar-refractivity contribution >= 4 is 22.5 Å². The Bertz CT molecular complexity index is 912. The van der Waals surface area contributed by atoms with Crippen molar-refractivity contribution in [3.8, 4) is 5.75 Å². The molecule has 1 fully saturated rings. The number of nitro groups is 1. The fourth-order valence-electron chi connectivity index (χ4n) is 3.47. The molecule has 134 valence electrons. The number of aromatic nitrogens is 1. The first-order valence-corrected chi connectivity index (χ1v) is 8.58. The lowest BCUT2D eigenvalue weighted by Gasteiger charge is -2.32. The summed E-state index contributed by atoms with van der Waals surface area (Å²) in [5.41, 5.74) is 2.37. The standard InChI is InChI=1S/C19H19N3O4/c1-25-14-6-7-16(22(23)24)17(12-14)21-10-8-13(9-11-21)19-20-15-4-2-3-5-18(15)26-19/h2-7,12-13H,8-11H2,1H3. The van der Waals surface area contributed by atoms with Crippen LogP contribution in [0, 0.1) is 10.1 Å². The molecule has 0 spiro atoms. The molecule has 7 nitrogen and oxygen atoms in total. The fourth-order valence-corrected chi connectivity index (χ4v) is 3.47. The van der Waals surface area contributed by atoms with Gasteiger partial charge in [0.25, 0.3) is 5.69 Å². The summed E-state index contributed by atoms with van der Waals surface area (Å²) >= 11 is 0. The Morgan fingerprint density at radius 2 is 2.00 bits per heavy atom. The van der Waals surface area contributed by atoms with Crippen LogP contribution in [0.4, 0.5) is 11.4 Å². The molecule has 26 heavy (non-hydrogen) atoms. The Kier molecular flexibility index (Phi) is 4.20. The third-order valence-corrected chi connectivity index (χ3v) is 4.87. The third kappa shape index (κ3) is 2.96. The molecule has 0 unspecified atom stereocenters. The van der Waals surface area contributed by atoms with Crippen LogP contribution in [-0.4, -0.2) is 30.1 Å². The maximum absolute atomic E-state index is 11.4. The molecule has 3 aromatic rings. The van der Waals surface area contributed by atoms with Crippen LogP contribution < -0.4 is 9.64 Å². The van der Waals surface area contributed by atoms with Crippen molar-refractivity contribution in [3.63, 3.8) is 0 Å². The molecular weight excluding hydrogens is 334 g/mol. The highest BCUT2D eigenvalue weighted by Gasteiger charge is 2.28. The Morgan fingerprint density at radius 1 is 1.23 bits per heavy atom. The predicted octanol–water partition coefficient (Wildman–Crippen LogP) is 4.13. The van der Waals surface area contributed by atoms with Crippen LogP contribution in [0.15, 0.2) is 46.9 Å². The van der Waals surface area contributed by atoms with Gasteiger partial charge in [-0.1, -0.05) is 12.1 Å². The van der Waals surface area contributed by atoms with Gasteiger partial charge >= 0.3 is 0 Å². The van der Waals surface area contributed by atoms with Gasteiger partial charge in [0.2, 0.25) is 0 Å². The molecule has 0 aliphatic carbocycles. The molecule has 4 rings (SSSR count). The second kappa shape index (κ2) is 6.67. The molecule has 0 atom stereocenters. The number of hydrogen-bond acceptors (Lipinski definition) is 6. The lowest BCUT2D eigenvalue weighted by atomic mass is 9.96. The summed E-state index contributed by atoms with van der Waals surface area (Å²) in [7, 11) is 1.56.